The Balaban J connectivity index is 1.32. The number of amides is 1. The van der Waals surface area contributed by atoms with Crippen LogP contribution in [-0.2, 0) is 17.4 Å². The Morgan fingerprint density at radius 3 is 2.56 bits per heavy atom. The molecule has 0 radical (unpaired) electrons. The quantitative estimate of drug-likeness (QED) is 0.314. The van der Waals surface area contributed by atoms with Gasteiger partial charge in [-0.3, -0.25) is 4.79 Å². The summed E-state index contributed by atoms with van der Waals surface area (Å²) < 4.78 is 39.4. The van der Waals surface area contributed by atoms with Crippen molar-refractivity contribution in [3.8, 4) is 0 Å². The summed E-state index contributed by atoms with van der Waals surface area (Å²) in [6.07, 6.45) is -1.06. The summed E-state index contributed by atoms with van der Waals surface area (Å²) in [5.41, 5.74) is 4.51. The predicted molar refractivity (Wildman–Crippen MR) is 139 cm³/mol. The molecule has 1 aliphatic rings. The zero-order valence-corrected chi connectivity index (χ0v) is 20.8. The highest BCUT2D eigenvalue weighted by Crippen LogP contribution is 2.36. The van der Waals surface area contributed by atoms with E-state index in [1.807, 2.05) is 21.4 Å². The number of nitrogens with zero attached hydrogens (tertiary/aromatic N) is 2. The predicted octanol–water partition coefficient (Wildman–Crippen LogP) is 6.68. The molecule has 1 N–H and O–H groups in total. The Bertz CT molecular complexity index is 1340. The number of aryl methyl sites for hydroxylation is 1. The molecular weight excluding hydrogens is 483 g/mol. The van der Waals surface area contributed by atoms with E-state index in [9.17, 15) is 18.0 Å². The normalized spacial score (nSPS) is 15.4. The molecule has 36 heavy (non-hydrogen) atoms. The van der Waals surface area contributed by atoms with Crippen molar-refractivity contribution >= 4 is 33.8 Å². The molecule has 5 rings (SSSR count). The Hall–Kier alpha value is -3.26. The van der Waals surface area contributed by atoms with Crippen molar-refractivity contribution < 1.29 is 18.0 Å². The van der Waals surface area contributed by atoms with Crippen LogP contribution in [0.3, 0.4) is 0 Å². The number of hydrogen-bond acceptors (Lipinski definition) is 3. The third-order valence-electron chi connectivity index (χ3n) is 7.09. The zero-order valence-electron chi connectivity index (χ0n) is 20.0. The Morgan fingerprint density at radius 1 is 1.08 bits per heavy atom. The molecule has 3 heterocycles. The lowest BCUT2D eigenvalue weighted by Gasteiger charge is -2.37. The van der Waals surface area contributed by atoms with Crippen LogP contribution in [-0.4, -0.2) is 42.0 Å². The van der Waals surface area contributed by atoms with Gasteiger partial charge in [-0.25, -0.2) is 0 Å². The third-order valence-corrected chi connectivity index (χ3v) is 7.79. The summed E-state index contributed by atoms with van der Waals surface area (Å²) in [5.74, 6) is 0.00184. The summed E-state index contributed by atoms with van der Waals surface area (Å²) in [7, 11) is 0. The van der Waals surface area contributed by atoms with E-state index in [1.54, 1.807) is 17.4 Å². The fourth-order valence-electron chi connectivity index (χ4n) is 5.10. The lowest BCUT2D eigenvalue weighted by Crippen LogP contribution is -2.49. The maximum Gasteiger partial charge on any atom is 0.416 e. The van der Waals surface area contributed by atoms with Crippen molar-refractivity contribution in [2.45, 2.75) is 31.9 Å². The number of carbonyl (C=O) groups is 1. The zero-order chi connectivity index (χ0) is 25.3. The topological polar surface area (TPSA) is 39.3 Å². The average molecular weight is 512 g/mol. The number of anilines is 1. The van der Waals surface area contributed by atoms with Crippen LogP contribution < -0.4 is 4.90 Å². The molecule has 4 nitrogen and oxygen atoms in total. The molecule has 1 aliphatic heterocycles. The largest absolute Gasteiger partial charge is 0.416 e. The van der Waals surface area contributed by atoms with E-state index < -0.39 is 11.7 Å². The van der Waals surface area contributed by atoms with Crippen LogP contribution in [0.5, 0.6) is 0 Å². The Morgan fingerprint density at radius 2 is 1.86 bits per heavy atom. The second-order valence-corrected chi connectivity index (χ2v) is 9.95. The second-order valence-electron chi connectivity index (χ2n) is 9.17. The minimum atomic E-state index is -4.37. The average Bonchev–Trinajstić information content (AvgIpc) is 3.57. The minimum absolute atomic E-state index is 0.0638. The highest BCUT2D eigenvalue weighted by atomic mass is 32.1. The number of benzene rings is 2. The molecule has 4 aromatic rings. The first kappa shape index (κ1) is 24.4. The molecule has 1 saturated heterocycles. The highest BCUT2D eigenvalue weighted by Gasteiger charge is 2.32. The SMILES string of the molecule is CCc1cccc2c(C(CC(=O)N3CCN(c4cccc(C(F)(F)F)c4)CC3)c3ccsc3)c[nH]c12. The molecule has 2 aromatic heterocycles. The van der Waals surface area contributed by atoms with Gasteiger partial charge in [-0.1, -0.05) is 31.2 Å². The van der Waals surface area contributed by atoms with Crippen LogP contribution >= 0.6 is 11.3 Å². The van der Waals surface area contributed by atoms with Gasteiger partial charge in [0.15, 0.2) is 0 Å². The first-order chi connectivity index (χ1) is 17.3. The van der Waals surface area contributed by atoms with Crippen LogP contribution in [0.2, 0.25) is 0 Å². The molecule has 2 aromatic carbocycles. The number of H-pyrrole nitrogens is 1. The van der Waals surface area contributed by atoms with Crippen molar-refractivity contribution in [2.75, 3.05) is 31.1 Å². The number of fused-ring (bicyclic) bond motifs is 1. The van der Waals surface area contributed by atoms with E-state index in [1.165, 1.54) is 17.7 Å². The first-order valence-corrected chi connectivity index (χ1v) is 13.1. The summed E-state index contributed by atoms with van der Waals surface area (Å²) in [5, 5.41) is 5.28. The van der Waals surface area contributed by atoms with Crippen molar-refractivity contribution in [1.29, 1.82) is 0 Å². The second kappa shape index (κ2) is 10.0. The molecule has 1 fully saturated rings. The Kier molecular flexibility index (Phi) is 6.79. The van der Waals surface area contributed by atoms with E-state index in [2.05, 4.69) is 41.6 Å². The lowest BCUT2D eigenvalue weighted by molar-refractivity contribution is -0.137. The van der Waals surface area contributed by atoms with Crippen molar-refractivity contribution in [1.82, 2.24) is 9.88 Å². The molecule has 1 atom stereocenters. The van der Waals surface area contributed by atoms with Gasteiger partial charge in [0.05, 0.1) is 5.56 Å². The van der Waals surface area contributed by atoms with Gasteiger partial charge in [-0.05, 0) is 58.1 Å². The summed E-state index contributed by atoms with van der Waals surface area (Å²) >= 11 is 1.62. The standard InChI is InChI=1S/C28H28F3N3OS/c1-2-19-5-3-8-23-25(17-32-27(19)23)24(20-9-14-36-18-20)16-26(35)34-12-10-33(11-13-34)22-7-4-6-21(15-22)28(29,30)31/h3-9,14-15,17-18,24,32H,2,10-13,16H2,1H3. The van der Waals surface area contributed by atoms with E-state index in [4.69, 9.17) is 0 Å². The van der Waals surface area contributed by atoms with Crippen molar-refractivity contribution in [2.24, 2.45) is 0 Å². The summed E-state index contributed by atoms with van der Waals surface area (Å²) in [4.78, 5) is 20.6. The van der Waals surface area contributed by atoms with Gasteiger partial charge < -0.3 is 14.8 Å². The molecule has 0 bridgehead atoms. The van der Waals surface area contributed by atoms with Gasteiger partial charge in [0, 0.05) is 61.3 Å². The number of carbonyl (C=O) groups excluding carboxylic acids is 1. The number of nitrogens with one attached hydrogen (secondary N) is 1. The smallest absolute Gasteiger partial charge is 0.368 e. The van der Waals surface area contributed by atoms with E-state index in [0.29, 0.717) is 38.3 Å². The number of halogens is 3. The number of piperazine rings is 1. The molecular formula is C28H28F3N3OS. The monoisotopic (exact) mass is 511 g/mol. The number of thiophene rings is 1. The van der Waals surface area contributed by atoms with Crippen LogP contribution in [0.15, 0.2) is 65.5 Å². The lowest BCUT2D eigenvalue weighted by atomic mass is 9.89. The van der Waals surface area contributed by atoms with Gasteiger partial charge >= 0.3 is 6.18 Å². The number of rotatable bonds is 6. The minimum Gasteiger partial charge on any atom is -0.368 e. The van der Waals surface area contributed by atoms with Crippen molar-refractivity contribution in [3.63, 3.8) is 0 Å². The highest BCUT2D eigenvalue weighted by molar-refractivity contribution is 7.08. The number of aromatic amines is 1. The molecule has 1 amide bonds. The van der Waals surface area contributed by atoms with Crippen LogP contribution in [0.4, 0.5) is 18.9 Å². The van der Waals surface area contributed by atoms with Crippen LogP contribution in [0.1, 0.15) is 41.5 Å². The number of para-hydroxylation sites is 1. The number of alkyl halides is 3. The first-order valence-electron chi connectivity index (χ1n) is 12.2. The fourth-order valence-corrected chi connectivity index (χ4v) is 5.81. The maximum atomic E-state index is 13.4. The summed E-state index contributed by atoms with van der Waals surface area (Å²) in [6, 6.07) is 13.8. The van der Waals surface area contributed by atoms with Gasteiger partial charge in [0.2, 0.25) is 5.91 Å². The number of hydrogen-bond donors (Lipinski definition) is 1. The van der Waals surface area contributed by atoms with Crippen LogP contribution in [0.25, 0.3) is 10.9 Å². The molecule has 0 saturated carbocycles. The molecule has 0 spiro atoms. The van der Waals surface area contributed by atoms with Crippen molar-refractivity contribution in [3.05, 3.63) is 87.7 Å². The third kappa shape index (κ3) is 4.87. The van der Waals surface area contributed by atoms with Gasteiger partial charge in [0.1, 0.15) is 0 Å². The maximum absolute atomic E-state index is 13.4. The molecule has 188 valence electrons. The van der Waals surface area contributed by atoms with Gasteiger partial charge in [0.25, 0.3) is 0 Å². The van der Waals surface area contributed by atoms with E-state index in [0.717, 1.165) is 34.5 Å². The Labute approximate surface area is 212 Å². The van der Waals surface area contributed by atoms with Crippen LogP contribution in [0, 0.1) is 0 Å². The van der Waals surface area contributed by atoms with Gasteiger partial charge in [-0.2, -0.15) is 24.5 Å². The molecule has 8 heteroatoms. The molecule has 1 unspecified atom stereocenters. The van der Waals surface area contributed by atoms with Gasteiger partial charge in [-0.15, -0.1) is 0 Å². The number of aromatic nitrogens is 1. The van der Waals surface area contributed by atoms with E-state index in [-0.39, 0.29) is 11.8 Å². The summed E-state index contributed by atoms with van der Waals surface area (Å²) in [6.45, 7) is 4.11. The fraction of sp³-hybridized carbons (Fsp3) is 0.321. The van der Waals surface area contributed by atoms with E-state index >= 15 is 0 Å². The molecule has 0 aliphatic carbocycles.